The summed E-state index contributed by atoms with van der Waals surface area (Å²) in [4.78, 5) is 11.3. The van der Waals surface area contributed by atoms with E-state index in [9.17, 15) is 9.90 Å². The molecule has 0 fully saturated rings. The average Bonchev–Trinajstić information content (AvgIpc) is 2.36. The maximum absolute atomic E-state index is 11.3. The Bertz CT molecular complexity index is 445. The third kappa shape index (κ3) is 3.38. The molecule has 1 aromatic carbocycles. The minimum Gasteiger partial charge on any atom is -0.493 e. The van der Waals surface area contributed by atoms with Crippen LogP contribution in [-0.4, -0.2) is 25.3 Å². The van der Waals surface area contributed by atoms with Crippen LogP contribution in [0.4, 0.5) is 0 Å². The molecular weight excluding hydrogens is 246 g/mol. The molecule has 0 aliphatic rings. The second kappa shape index (κ2) is 6.43. The summed E-state index contributed by atoms with van der Waals surface area (Å²) in [5.74, 6) is -0.450. The molecule has 5 heteroatoms. The maximum Gasteiger partial charge on any atom is 0.308 e. The first-order chi connectivity index (χ1) is 8.92. The first-order valence-electron chi connectivity index (χ1n) is 6.12. The molecule has 2 atom stereocenters. The van der Waals surface area contributed by atoms with Gasteiger partial charge in [0, 0.05) is 6.04 Å². The van der Waals surface area contributed by atoms with Gasteiger partial charge in [-0.1, -0.05) is 19.9 Å². The van der Waals surface area contributed by atoms with Crippen molar-refractivity contribution in [3.63, 3.8) is 0 Å². The molecule has 106 valence electrons. The highest BCUT2D eigenvalue weighted by Crippen LogP contribution is 2.33. The predicted molar refractivity (Wildman–Crippen MR) is 72.4 cm³/mol. The normalized spacial score (nSPS) is 14.0. The summed E-state index contributed by atoms with van der Waals surface area (Å²) in [5.41, 5.74) is 6.80. The maximum atomic E-state index is 11.3. The van der Waals surface area contributed by atoms with Gasteiger partial charge in [-0.3, -0.25) is 4.79 Å². The van der Waals surface area contributed by atoms with E-state index in [1.807, 2.05) is 13.8 Å². The Balaban J connectivity index is 3.11. The first-order valence-corrected chi connectivity index (χ1v) is 6.12. The molecule has 0 saturated heterocycles. The lowest BCUT2D eigenvalue weighted by Crippen LogP contribution is -2.32. The van der Waals surface area contributed by atoms with Crippen LogP contribution in [0, 0.1) is 11.8 Å². The minimum absolute atomic E-state index is 0.0550. The fraction of sp³-hybridized carbons (Fsp3) is 0.500. The Morgan fingerprint density at radius 1 is 1.21 bits per heavy atom. The Morgan fingerprint density at radius 3 is 2.21 bits per heavy atom. The van der Waals surface area contributed by atoms with E-state index in [0.717, 1.165) is 5.56 Å². The number of carboxylic acid groups (broad SMARTS) is 1. The standard InChI is InChI=1S/C14H21NO4/c1-8(2)12(14(16)17)13(15)9-5-6-10(18-3)11(7-9)19-4/h5-8,12-13H,15H2,1-4H3,(H,16,17). The van der Waals surface area contributed by atoms with Gasteiger partial charge < -0.3 is 20.3 Å². The number of aliphatic carboxylic acids is 1. The topological polar surface area (TPSA) is 81.8 Å². The molecule has 0 bridgehead atoms. The van der Waals surface area contributed by atoms with E-state index in [4.69, 9.17) is 15.2 Å². The molecule has 3 N–H and O–H groups in total. The van der Waals surface area contributed by atoms with Crippen molar-refractivity contribution in [1.29, 1.82) is 0 Å². The zero-order chi connectivity index (χ0) is 14.6. The van der Waals surface area contributed by atoms with Gasteiger partial charge in [0.25, 0.3) is 0 Å². The minimum atomic E-state index is -0.891. The third-order valence-corrected chi connectivity index (χ3v) is 3.18. The number of methoxy groups -OCH3 is 2. The molecule has 1 aromatic rings. The fourth-order valence-electron chi connectivity index (χ4n) is 2.12. The van der Waals surface area contributed by atoms with Gasteiger partial charge in [-0.05, 0) is 23.6 Å². The molecule has 0 saturated carbocycles. The lowest BCUT2D eigenvalue weighted by Gasteiger charge is -2.24. The number of carboxylic acids is 1. The number of nitrogens with two attached hydrogens (primary N) is 1. The van der Waals surface area contributed by atoms with E-state index < -0.39 is 17.9 Å². The van der Waals surface area contributed by atoms with Crippen molar-refractivity contribution in [3.8, 4) is 11.5 Å². The summed E-state index contributed by atoms with van der Waals surface area (Å²) >= 11 is 0. The molecule has 19 heavy (non-hydrogen) atoms. The molecule has 0 heterocycles. The van der Waals surface area contributed by atoms with Crippen LogP contribution in [0.25, 0.3) is 0 Å². The second-order valence-electron chi connectivity index (χ2n) is 4.75. The lowest BCUT2D eigenvalue weighted by molar-refractivity contribution is -0.144. The predicted octanol–water partition coefficient (Wildman–Crippen LogP) is 2.06. The summed E-state index contributed by atoms with van der Waals surface area (Å²) in [5, 5.41) is 9.27. The summed E-state index contributed by atoms with van der Waals surface area (Å²) in [6, 6.07) is 4.64. The Hall–Kier alpha value is -1.75. The Kier molecular flexibility index (Phi) is 5.18. The zero-order valence-electron chi connectivity index (χ0n) is 11.7. The molecular formula is C14H21NO4. The van der Waals surface area contributed by atoms with Gasteiger partial charge in [-0.2, -0.15) is 0 Å². The van der Waals surface area contributed by atoms with Gasteiger partial charge in [0.05, 0.1) is 20.1 Å². The van der Waals surface area contributed by atoms with Crippen LogP contribution < -0.4 is 15.2 Å². The highest BCUT2D eigenvalue weighted by Gasteiger charge is 2.30. The van der Waals surface area contributed by atoms with Crippen molar-refractivity contribution < 1.29 is 19.4 Å². The van der Waals surface area contributed by atoms with E-state index in [2.05, 4.69) is 0 Å². The second-order valence-corrected chi connectivity index (χ2v) is 4.75. The Morgan fingerprint density at radius 2 is 1.79 bits per heavy atom. The van der Waals surface area contributed by atoms with Crippen LogP contribution in [0.5, 0.6) is 11.5 Å². The number of hydrogen-bond donors (Lipinski definition) is 2. The van der Waals surface area contributed by atoms with Gasteiger partial charge in [0.15, 0.2) is 11.5 Å². The van der Waals surface area contributed by atoms with Crippen LogP contribution in [-0.2, 0) is 4.79 Å². The number of carbonyl (C=O) groups is 1. The molecule has 0 radical (unpaired) electrons. The summed E-state index contributed by atoms with van der Waals surface area (Å²) in [6.07, 6.45) is 0. The number of ether oxygens (including phenoxy) is 2. The quantitative estimate of drug-likeness (QED) is 0.824. The SMILES string of the molecule is COc1ccc(C(N)C(C(=O)O)C(C)C)cc1OC. The van der Waals surface area contributed by atoms with Gasteiger partial charge in [0.2, 0.25) is 0 Å². The van der Waals surface area contributed by atoms with Crippen LogP contribution in [0.3, 0.4) is 0 Å². The van der Waals surface area contributed by atoms with Crippen LogP contribution in [0.1, 0.15) is 25.5 Å². The van der Waals surface area contributed by atoms with Gasteiger partial charge >= 0.3 is 5.97 Å². The largest absolute Gasteiger partial charge is 0.493 e. The molecule has 0 aromatic heterocycles. The Labute approximate surface area is 113 Å². The summed E-state index contributed by atoms with van der Waals surface area (Å²) in [6.45, 7) is 3.69. The monoisotopic (exact) mass is 267 g/mol. The van der Waals surface area contributed by atoms with Crippen LogP contribution in [0.2, 0.25) is 0 Å². The van der Waals surface area contributed by atoms with E-state index in [-0.39, 0.29) is 5.92 Å². The van der Waals surface area contributed by atoms with Gasteiger partial charge in [-0.25, -0.2) is 0 Å². The molecule has 5 nitrogen and oxygen atoms in total. The van der Waals surface area contributed by atoms with E-state index in [1.165, 1.54) is 7.11 Å². The molecule has 0 amide bonds. The van der Waals surface area contributed by atoms with Crippen molar-refractivity contribution >= 4 is 5.97 Å². The smallest absolute Gasteiger partial charge is 0.308 e. The van der Waals surface area contributed by atoms with Crippen molar-refractivity contribution in [2.75, 3.05) is 14.2 Å². The molecule has 0 aliphatic heterocycles. The van der Waals surface area contributed by atoms with Gasteiger partial charge in [-0.15, -0.1) is 0 Å². The van der Waals surface area contributed by atoms with Crippen molar-refractivity contribution in [3.05, 3.63) is 23.8 Å². The van der Waals surface area contributed by atoms with Crippen molar-refractivity contribution in [2.24, 2.45) is 17.6 Å². The molecule has 0 aliphatic carbocycles. The summed E-state index contributed by atoms with van der Waals surface area (Å²) < 4.78 is 10.3. The first kappa shape index (κ1) is 15.3. The van der Waals surface area contributed by atoms with Gasteiger partial charge in [0.1, 0.15) is 0 Å². The summed E-state index contributed by atoms with van der Waals surface area (Å²) in [7, 11) is 3.08. The number of hydrogen-bond acceptors (Lipinski definition) is 4. The average molecular weight is 267 g/mol. The van der Waals surface area contributed by atoms with Crippen LogP contribution in [0.15, 0.2) is 18.2 Å². The highest BCUT2D eigenvalue weighted by atomic mass is 16.5. The van der Waals surface area contributed by atoms with E-state index in [1.54, 1.807) is 25.3 Å². The molecule has 0 spiro atoms. The number of rotatable bonds is 6. The lowest BCUT2D eigenvalue weighted by atomic mass is 9.85. The van der Waals surface area contributed by atoms with E-state index in [0.29, 0.717) is 11.5 Å². The van der Waals surface area contributed by atoms with Crippen molar-refractivity contribution in [2.45, 2.75) is 19.9 Å². The van der Waals surface area contributed by atoms with Crippen LogP contribution >= 0.6 is 0 Å². The van der Waals surface area contributed by atoms with E-state index >= 15 is 0 Å². The van der Waals surface area contributed by atoms with Crippen molar-refractivity contribution in [1.82, 2.24) is 0 Å². The fourth-order valence-corrected chi connectivity index (χ4v) is 2.12. The molecule has 1 rings (SSSR count). The molecule has 2 unspecified atom stereocenters. The number of benzene rings is 1. The zero-order valence-corrected chi connectivity index (χ0v) is 11.7. The third-order valence-electron chi connectivity index (χ3n) is 3.18. The highest BCUT2D eigenvalue weighted by molar-refractivity contribution is 5.71.